The van der Waals surface area contributed by atoms with E-state index in [-0.39, 0.29) is 0 Å². The van der Waals surface area contributed by atoms with Crippen LogP contribution in [0.4, 0.5) is 0 Å². The Labute approximate surface area is 84.3 Å². The highest BCUT2D eigenvalue weighted by atomic mass is 127. The molecular weight excluding hydrogens is 249 g/mol. The second-order valence-electron chi connectivity index (χ2n) is 3.22. The molecule has 0 saturated heterocycles. The minimum Gasteiger partial charge on any atom is -0.328 e. The minimum absolute atomic E-state index is 0.402. The summed E-state index contributed by atoms with van der Waals surface area (Å²) in [6, 6.07) is 0.402. The van der Waals surface area contributed by atoms with Gasteiger partial charge in [-0.15, -0.1) is 0 Å². The molecule has 1 unspecified atom stereocenters. The highest BCUT2D eigenvalue weighted by molar-refractivity contribution is 14.1. The van der Waals surface area contributed by atoms with Gasteiger partial charge in [-0.25, -0.2) is 0 Å². The van der Waals surface area contributed by atoms with Crippen LogP contribution in [-0.2, 0) is 0 Å². The summed E-state index contributed by atoms with van der Waals surface area (Å²) in [5.74, 6) is 0. The van der Waals surface area contributed by atoms with Gasteiger partial charge in [0, 0.05) is 6.04 Å². The van der Waals surface area contributed by atoms with Crippen LogP contribution in [0.1, 0.15) is 45.4 Å². The molecule has 0 aromatic rings. The van der Waals surface area contributed by atoms with E-state index in [0.717, 1.165) is 0 Å². The molecule has 0 amide bonds. The van der Waals surface area contributed by atoms with E-state index in [1.165, 1.54) is 43.0 Å². The average molecular weight is 269 g/mol. The average Bonchev–Trinajstić information content (AvgIpc) is 1.96. The van der Waals surface area contributed by atoms with Crippen LogP contribution in [0.5, 0.6) is 0 Å². The summed E-state index contributed by atoms with van der Waals surface area (Å²) < 4.78 is 1.31. The summed E-state index contributed by atoms with van der Waals surface area (Å²) in [6.45, 7) is 2.09. The third kappa shape index (κ3) is 10.7. The Kier molecular flexibility index (Phi) is 9.33. The van der Waals surface area contributed by atoms with E-state index in [1.54, 1.807) is 0 Å². The fraction of sp³-hybridized carbons (Fsp3) is 1.00. The van der Waals surface area contributed by atoms with Crippen molar-refractivity contribution in [3.05, 3.63) is 0 Å². The van der Waals surface area contributed by atoms with Crippen LogP contribution in [0, 0.1) is 0 Å². The van der Waals surface area contributed by atoms with E-state index in [2.05, 4.69) is 29.5 Å². The lowest BCUT2D eigenvalue weighted by Gasteiger charge is -2.03. The Hall–Kier alpha value is 0.690. The maximum atomic E-state index is 5.63. The van der Waals surface area contributed by atoms with Gasteiger partial charge < -0.3 is 5.73 Å². The number of hydrogen-bond donors (Lipinski definition) is 1. The van der Waals surface area contributed by atoms with E-state index in [9.17, 15) is 0 Å². The Bertz CT molecular complexity index is 74.0. The number of unbranched alkanes of at least 4 members (excludes halogenated alkanes) is 4. The van der Waals surface area contributed by atoms with Crippen LogP contribution in [-0.4, -0.2) is 10.5 Å². The number of nitrogens with two attached hydrogens (primary N) is 1. The summed E-state index contributed by atoms with van der Waals surface area (Å²) in [7, 11) is 0. The zero-order valence-electron chi connectivity index (χ0n) is 7.48. The molecule has 0 aromatic heterocycles. The van der Waals surface area contributed by atoms with Crippen molar-refractivity contribution in [3.63, 3.8) is 0 Å². The molecule has 0 rings (SSSR count). The first-order valence-corrected chi connectivity index (χ1v) is 6.11. The molecular formula is C9H20IN. The summed E-state index contributed by atoms with van der Waals surface area (Å²) in [6.07, 6.45) is 8.08. The second-order valence-corrected chi connectivity index (χ2v) is 4.30. The van der Waals surface area contributed by atoms with E-state index < -0.39 is 0 Å². The monoisotopic (exact) mass is 269 g/mol. The topological polar surface area (TPSA) is 26.0 Å². The van der Waals surface area contributed by atoms with Crippen LogP contribution in [0.2, 0.25) is 0 Å². The second kappa shape index (κ2) is 8.78. The molecule has 0 aromatic carbocycles. The quantitative estimate of drug-likeness (QED) is 0.429. The van der Waals surface area contributed by atoms with Crippen molar-refractivity contribution in [3.8, 4) is 0 Å². The lowest BCUT2D eigenvalue weighted by molar-refractivity contribution is 0.565. The fourth-order valence-corrected chi connectivity index (χ4v) is 1.63. The summed E-state index contributed by atoms with van der Waals surface area (Å²) in [5, 5.41) is 0. The molecule has 0 bridgehead atoms. The lowest BCUT2D eigenvalue weighted by atomic mass is 10.1. The van der Waals surface area contributed by atoms with Gasteiger partial charge in [-0.3, -0.25) is 0 Å². The van der Waals surface area contributed by atoms with Crippen LogP contribution in [0.3, 0.4) is 0 Å². The normalized spacial score (nSPS) is 13.4. The van der Waals surface area contributed by atoms with Gasteiger partial charge in [-0.05, 0) is 24.2 Å². The Morgan fingerprint density at radius 1 is 1.09 bits per heavy atom. The van der Waals surface area contributed by atoms with Crippen molar-refractivity contribution in [2.75, 3.05) is 4.43 Å². The van der Waals surface area contributed by atoms with Crippen molar-refractivity contribution in [2.24, 2.45) is 5.73 Å². The molecule has 0 radical (unpaired) electrons. The van der Waals surface area contributed by atoms with Gasteiger partial charge in [0.25, 0.3) is 0 Å². The summed E-state index contributed by atoms with van der Waals surface area (Å²) >= 11 is 2.44. The standard InChI is InChI=1S/C9H20IN/c1-9(11)7-5-3-2-4-6-8-10/h9H,2-8,11H2,1H3. The van der Waals surface area contributed by atoms with Crippen molar-refractivity contribution >= 4 is 22.6 Å². The van der Waals surface area contributed by atoms with Crippen LogP contribution in [0.25, 0.3) is 0 Å². The maximum Gasteiger partial charge on any atom is 0.00104 e. The summed E-state index contributed by atoms with van der Waals surface area (Å²) in [5.41, 5.74) is 5.63. The first kappa shape index (κ1) is 11.7. The predicted molar refractivity (Wildman–Crippen MR) is 60.2 cm³/mol. The van der Waals surface area contributed by atoms with Gasteiger partial charge in [0.2, 0.25) is 0 Å². The van der Waals surface area contributed by atoms with Crippen molar-refractivity contribution in [1.82, 2.24) is 0 Å². The van der Waals surface area contributed by atoms with Gasteiger partial charge in [0.1, 0.15) is 0 Å². The summed E-state index contributed by atoms with van der Waals surface area (Å²) in [4.78, 5) is 0. The van der Waals surface area contributed by atoms with E-state index in [0.29, 0.717) is 6.04 Å². The van der Waals surface area contributed by atoms with Crippen LogP contribution >= 0.6 is 22.6 Å². The highest BCUT2D eigenvalue weighted by Crippen LogP contribution is 2.07. The maximum absolute atomic E-state index is 5.63. The predicted octanol–water partition coefficient (Wildman–Crippen LogP) is 3.11. The molecule has 0 heterocycles. The van der Waals surface area contributed by atoms with E-state index in [4.69, 9.17) is 5.73 Å². The zero-order valence-corrected chi connectivity index (χ0v) is 9.64. The largest absolute Gasteiger partial charge is 0.328 e. The van der Waals surface area contributed by atoms with Crippen molar-refractivity contribution < 1.29 is 0 Å². The van der Waals surface area contributed by atoms with Crippen LogP contribution < -0.4 is 5.73 Å². The smallest absolute Gasteiger partial charge is 0.00104 e. The molecule has 0 spiro atoms. The first-order chi connectivity index (χ1) is 5.27. The fourth-order valence-electron chi connectivity index (χ4n) is 1.09. The van der Waals surface area contributed by atoms with Gasteiger partial charge in [-0.1, -0.05) is 48.3 Å². The molecule has 0 saturated carbocycles. The number of hydrogen-bond acceptors (Lipinski definition) is 1. The van der Waals surface area contributed by atoms with Gasteiger partial charge in [-0.2, -0.15) is 0 Å². The van der Waals surface area contributed by atoms with Gasteiger partial charge in [0.15, 0.2) is 0 Å². The number of alkyl halides is 1. The Balaban J connectivity index is 2.80. The SMILES string of the molecule is CC(N)CCCCCCCI. The molecule has 1 atom stereocenters. The van der Waals surface area contributed by atoms with E-state index in [1.807, 2.05) is 0 Å². The molecule has 1 nitrogen and oxygen atoms in total. The molecule has 11 heavy (non-hydrogen) atoms. The van der Waals surface area contributed by atoms with Crippen molar-refractivity contribution in [1.29, 1.82) is 0 Å². The third-order valence-corrected chi connectivity index (χ3v) is 2.56. The molecule has 68 valence electrons. The van der Waals surface area contributed by atoms with Crippen LogP contribution in [0.15, 0.2) is 0 Å². The molecule has 0 aliphatic rings. The molecule has 0 aliphatic carbocycles. The number of halogens is 1. The van der Waals surface area contributed by atoms with Gasteiger partial charge >= 0.3 is 0 Å². The Morgan fingerprint density at radius 2 is 1.64 bits per heavy atom. The van der Waals surface area contributed by atoms with E-state index >= 15 is 0 Å². The molecule has 2 heteroatoms. The Morgan fingerprint density at radius 3 is 2.18 bits per heavy atom. The molecule has 2 N–H and O–H groups in total. The lowest BCUT2D eigenvalue weighted by Crippen LogP contribution is -2.13. The molecule has 0 aliphatic heterocycles. The van der Waals surface area contributed by atoms with Gasteiger partial charge in [0.05, 0.1) is 0 Å². The minimum atomic E-state index is 0.402. The molecule has 0 fully saturated rings. The highest BCUT2D eigenvalue weighted by Gasteiger charge is 1.93. The number of rotatable bonds is 7. The third-order valence-electron chi connectivity index (χ3n) is 1.79. The first-order valence-electron chi connectivity index (χ1n) is 4.59. The van der Waals surface area contributed by atoms with Crippen molar-refractivity contribution in [2.45, 2.75) is 51.5 Å². The zero-order chi connectivity index (χ0) is 8.53.